The summed E-state index contributed by atoms with van der Waals surface area (Å²) in [5, 5.41) is 9.42. The number of carbonyl (C=O) groups excluding carboxylic acids is 1. The molecule has 2 bridgehead atoms. The van der Waals surface area contributed by atoms with E-state index in [1.165, 1.54) is 6.92 Å². The molecular weight excluding hydrogens is 591 g/mol. The Labute approximate surface area is 225 Å². The number of imidazole rings is 1. The first-order valence-electron chi connectivity index (χ1n) is 11.5. The first-order valence-corrected chi connectivity index (χ1v) is 12.9. The van der Waals surface area contributed by atoms with Crippen LogP contribution in [0, 0.1) is 29.5 Å². The van der Waals surface area contributed by atoms with E-state index in [0.29, 0.717) is 6.07 Å². The quantitative estimate of drug-likeness (QED) is 0.338. The predicted molar refractivity (Wildman–Crippen MR) is 121 cm³/mol. The lowest BCUT2D eigenvalue weighted by atomic mass is 9.66. The Morgan fingerprint density at radius 1 is 1.15 bits per heavy atom. The summed E-state index contributed by atoms with van der Waals surface area (Å²) < 4.78 is 122. The Bertz CT molecular complexity index is 1760. The Hall–Kier alpha value is -4.05. The summed E-state index contributed by atoms with van der Waals surface area (Å²) in [6.07, 6.45) is -10.0. The van der Waals surface area contributed by atoms with E-state index in [2.05, 4.69) is 19.8 Å². The first kappa shape index (κ1) is 28.5. The average Bonchev–Trinajstić information content (AvgIpc) is 3.54. The largest absolute Gasteiger partial charge is 0.492 e. The number of halogens is 7. The molecule has 0 spiro atoms. The molecule has 3 aromatic rings. The highest BCUT2D eigenvalue weighted by Crippen LogP contribution is 2.64. The van der Waals surface area contributed by atoms with E-state index >= 15 is 4.39 Å². The monoisotopic (exact) mass is 607 g/mol. The molecule has 3 saturated carbocycles. The van der Waals surface area contributed by atoms with Gasteiger partial charge in [0.1, 0.15) is 5.82 Å². The summed E-state index contributed by atoms with van der Waals surface area (Å²) in [4.78, 5) is 25.4. The van der Waals surface area contributed by atoms with Gasteiger partial charge in [0.25, 0.3) is 10.0 Å². The Balaban J connectivity index is 1.62. The molecule has 19 heteroatoms. The maximum absolute atomic E-state index is 15.1. The topological polar surface area (TPSA) is 157 Å². The van der Waals surface area contributed by atoms with E-state index in [4.69, 9.17) is 5.73 Å². The summed E-state index contributed by atoms with van der Waals surface area (Å²) in [6, 6.07) is 3.28. The van der Waals surface area contributed by atoms with E-state index < -0.39 is 67.6 Å². The number of rotatable bonds is 5. The number of aromatic nitrogens is 4. The highest BCUT2D eigenvalue weighted by molar-refractivity contribution is 7.89. The summed E-state index contributed by atoms with van der Waals surface area (Å²) in [5.41, 5.74) is 2.04. The van der Waals surface area contributed by atoms with Crippen LogP contribution in [0.25, 0.3) is 17.0 Å². The second-order valence-corrected chi connectivity index (χ2v) is 11.6. The number of benzene rings is 1. The lowest BCUT2D eigenvalue weighted by molar-refractivity contribution is -0.241. The minimum Gasteiger partial charge on any atom is -0.369 e. The normalized spacial score (nSPS) is 22.5. The number of nitrogen functional groups attached to an aromatic ring is 1. The highest BCUT2D eigenvalue weighted by Gasteiger charge is 2.68. The van der Waals surface area contributed by atoms with Crippen LogP contribution in [0.2, 0.25) is 0 Å². The molecule has 0 amide bonds. The zero-order valence-electron chi connectivity index (χ0n) is 20.5. The van der Waals surface area contributed by atoms with E-state index in [-0.39, 0.29) is 47.0 Å². The minimum absolute atomic E-state index is 0.113. The number of carbonyl (C=O) groups is 1. The Morgan fingerprint density at radius 3 is 2.37 bits per heavy atom. The molecule has 218 valence electrons. The van der Waals surface area contributed by atoms with Gasteiger partial charge in [-0.2, -0.15) is 41.6 Å². The van der Waals surface area contributed by atoms with Gasteiger partial charge < -0.3 is 10.6 Å². The summed E-state index contributed by atoms with van der Waals surface area (Å²) in [7, 11) is -5.22. The molecule has 11 nitrogen and oxygen atoms in total. The van der Waals surface area contributed by atoms with Crippen LogP contribution in [-0.4, -0.2) is 49.9 Å². The van der Waals surface area contributed by atoms with Crippen LogP contribution >= 0.6 is 0 Å². The van der Waals surface area contributed by atoms with Crippen LogP contribution < -0.4 is 5.73 Å². The van der Waals surface area contributed by atoms with Crippen LogP contribution in [0.1, 0.15) is 37.1 Å². The third-order valence-corrected chi connectivity index (χ3v) is 8.88. The zero-order chi connectivity index (χ0) is 30.3. The third-order valence-electron chi connectivity index (χ3n) is 7.15. The Kier molecular flexibility index (Phi) is 6.06. The number of nitriles is 1. The van der Waals surface area contributed by atoms with Gasteiger partial charge >= 0.3 is 18.3 Å². The van der Waals surface area contributed by atoms with Crippen molar-refractivity contribution >= 4 is 27.7 Å². The molecule has 3 aliphatic carbocycles. The Morgan fingerprint density at radius 2 is 1.80 bits per heavy atom. The maximum atomic E-state index is 15.1. The van der Waals surface area contributed by atoms with Gasteiger partial charge in [0, 0.05) is 11.8 Å². The molecule has 3 fully saturated rings. The second kappa shape index (κ2) is 8.72. The van der Waals surface area contributed by atoms with E-state index in [1.807, 2.05) is 6.07 Å². The van der Waals surface area contributed by atoms with E-state index in [0.717, 1.165) is 16.7 Å². The van der Waals surface area contributed by atoms with Gasteiger partial charge in [0.05, 0.1) is 27.6 Å². The van der Waals surface area contributed by atoms with Crippen LogP contribution in [-0.2, 0) is 25.8 Å². The molecular formula is C22H16F7N7O4S. The lowest BCUT2D eigenvalue weighted by Crippen LogP contribution is -2.58. The van der Waals surface area contributed by atoms with Gasteiger partial charge in [-0.3, -0.25) is 4.40 Å². The molecule has 3 aliphatic rings. The average molecular weight is 607 g/mol. The van der Waals surface area contributed by atoms with Crippen LogP contribution in [0.15, 0.2) is 23.2 Å². The van der Waals surface area contributed by atoms with E-state index in [9.17, 15) is 44.8 Å². The van der Waals surface area contributed by atoms with Crippen molar-refractivity contribution in [1.82, 2.24) is 23.8 Å². The fourth-order valence-electron chi connectivity index (χ4n) is 5.24. The van der Waals surface area contributed by atoms with Crippen LogP contribution in [0.5, 0.6) is 0 Å². The van der Waals surface area contributed by atoms with Crippen LogP contribution in [0.4, 0.5) is 36.7 Å². The van der Waals surface area contributed by atoms with Crippen molar-refractivity contribution in [2.75, 3.05) is 5.73 Å². The third kappa shape index (κ3) is 4.50. The fourth-order valence-corrected chi connectivity index (χ4v) is 6.84. The molecule has 6 rings (SSSR count). The number of anilines is 1. The molecule has 0 atom stereocenters. The number of alkyl halides is 6. The van der Waals surface area contributed by atoms with Crippen molar-refractivity contribution in [3.8, 4) is 17.3 Å². The molecule has 41 heavy (non-hydrogen) atoms. The van der Waals surface area contributed by atoms with Crippen molar-refractivity contribution in [3.63, 3.8) is 0 Å². The maximum Gasteiger partial charge on any atom is 0.492 e. The van der Waals surface area contributed by atoms with E-state index in [1.54, 1.807) is 0 Å². The summed E-state index contributed by atoms with van der Waals surface area (Å²) in [6.45, 7) is 1.19. The van der Waals surface area contributed by atoms with Gasteiger partial charge in [-0.25, -0.2) is 22.6 Å². The van der Waals surface area contributed by atoms with Crippen molar-refractivity contribution in [2.45, 2.75) is 55.4 Å². The number of fused-ring (bicyclic) bond motifs is 2. The van der Waals surface area contributed by atoms with Gasteiger partial charge in [0.2, 0.25) is 17.6 Å². The van der Waals surface area contributed by atoms with Gasteiger partial charge in [0.15, 0.2) is 0 Å². The second-order valence-electron chi connectivity index (χ2n) is 9.86. The molecule has 0 aliphatic heterocycles. The molecule has 0 unspecified atom stereocenters. The predicted octanol–water partition coefficient (Wildman–Crippen LogP) is 3.69. The number of sulfonamides is 1. The van der Waals surface area contributed by atoms with Crippen molar-refractivity contribution in [2.24, 2.45) is 5.41 Å². The fraction of sp³-hybridized carbons (Fsp3) is 0.409. The first-order chi connectivity index (χ1) is 18.8. The molecule has 0 saturated heterocycles. The van der Waals surface area contributed by atoms with Crippen molar-refractivity contribution in [3.05, 3.63) is 35.5 Å². The molecule has 2 heterocycles. The zero-order valence-corrected chi connectivity index (χ0v) is 21.3. The standard InChI is InChI=1S/C22H16F7N7O4S/c1-10-12(14-6-35-17(31)33-15(21(24,25)26)34-18(35)32-14)4-11(5-13(10)23)41(38,39)36(40-16(37)22(27,28)29)20-3-2-19(7-20,8-20)9-30/h4-6H,2-3,7-8H2,1H3,(H2,31,32,33,34). The molecule has 2 N–H and O–H groups in total. The summed E-state index contributed by atoms with van der Waals surface area (Å²) in [5.74, 6) is -6.95. The number of nitrogens with zero attached hydrogens (tertiary/aromatic N) is 6. The number of hydrogen-bond acceptors (Lipinski definition) is 9. The molecule has 2 aromatic heterocycles. The van der Waals surface area contributed by atoms with Gasteiger partial charge in [-0.05, 0) is 54.8 Å². The summed E-state index contributed by atoms with van der Waals surface area (Å²) >= 11 is 0. The van der Waals surface area contributed by atoms with Crippen LogP contribution in [0.3, 0.4) is 0 Å². The number of hydrogen-bond donors (Lipinski definition) is 1. The number of nitrogens with two attached hydrogens (primary N) is 1. The lowest BCUT2D eigenvalue weighted by Gasteiger charge is -2.47. The highest BCUT2D eigenvalue weighted by atomic mass is 32.2. The number of hydroxylamine groups is 1. The van der Waals surface area contributed by atoms with Crippen molar-refractivity contribution < 1.29 is 48.8 Å². The molecule has 1 aromatic carbocycles. The van der Waals surface area contributed by atoms with Crippen molar-refractivity contribution in [1.29, 1.82) is 5.26 Å². The SMILES string of the molecule is Cc1c(F)cc(S(=O)(=O)N(OC(=O)C(F)(F)F)C23CCC(C#N)(C2)C3)cc1-c1cn2c(N)nc(C(F)(F)F)nc2n1. The van der Waals surface area contributed by atoms with Gasteiger partial charge in [-0.1, -0.05) is 0 Å². The molecule has 0 radical (unpaired) electrons. The van der Waals surface area contributed by atoms with Gasteiger partial charge in [-0.15, -0.1) is 0 Å². The minimum atomic E-state index is -5.59. The smallest absolute Gasteiger partial charge is 0.369 e.